The Bertz CT molecular complexity index is 1230. The number of methoxy groups -OCH3 is 2. The van der Waals surface area contributed by atoms with Crippen LogP contribution in [0.3, 0.4) is 0 Å². The molecule has 0 aliphatic heterocycles. The molecule has 1 aliphatic rings. The number of carbonyl (C=O) groups is 1. The number of hydrogen-bond donors (Lipinski definition) is 0. The maximum absolute atomic E-state index is 14.9. The summed E-state index contributed by atoms with van der Waals surface area (Å²) in [6.45, 7) is 16.7. The minimum Gasteiger partial charge on any atom is -0.497 e. The van der Waals surface area contributed by atoms with Crippen LogP contribution in [0, 0.1) is 11.2 Å². The predicted molar refractivity (Wildman–Crippen MR) is 174 cm³/mol. The number of halogens is 1. The molecule has 4 rings (SSSR count). The average Bonchev–Trinajstić information content (AvgIpc) is 3.47. The molecule has 232 valence electrons. The van der Waals surface area contributed by atoms with Crippen LogP contribution in [0.4, 0.5) is 4.39 Å². The van der Waals surface area contributed by atoms with Gasteiger partial charge in [0.1, 0.15) is 23.9 Å². The molecule has 1 aliphatic carbocycles. The second-order valence-electron chi connectivity index (χ2n) is 10.7. The van der Waals surface area contributed by atoms with Gasteiger partial charge in [-0.25, -0.2) is 4.39 Å². The average molecular weight is 581 g/mol. The molecule has 0 atom stereocenters. The molecule has 3 aromatic carbocycles. The number of rotatable bonds is 9. The molecule has 0 amide bonds. The van der Waals surface area contributed by atoms with E-state index in [1.165, 1.54) is 44.1 Å². The van der Waals surface area contributed by atoms with E-state index in [4.69, 9.17) is 9.47 Å². The highest BCUT2D eigenvalue weighted by atomic mass is 19.1. The molecular weight excluding hydrogens is 527 g/mol. The van der Waals surface area contributed by atoms with Gasteiger partial charge < -0.3 is 14.2 Å². The predicted octanol–water partition coefficient (Wildman–Crippen LogP) is 10.2. The van der Waals surface area contributed by atoms with Crippen LogP contribution < -0.4 is 9.47 Å². The lowest BCUT2D eigenvalue weighted by Crippen LogP contribution is -2.15. The van der Waals surface area contributed by atoms with Gasteiger partial charge >= 0.3 is 5.97 Å². The Morgan fingerprint density at radius 2 is 1.50 bits per heavy atom. The first-order valence-electron chi connectivity index (χ1n) is 15.4. The molecular formula is C37H53FO4. The van der Waals surface area contributed by atoms with Crippen molar-refractivity contribution in [3.05, 3.63) is 82.7 Å². The van der Waals surface area contributed by atoms with Crippen LogP contribution >= 0.6 is 0 Å². The van der Waals surface area contributed by atoms with Crippen LogP contribution in [-0.4, -0.2) is 20.2 Å². The highest BCUT2D eigenvalue weighted by Crippen LogP contribution is 2.36. The van der Waals surface area contributed by atoms with Crippen LogP contribution in [-0.2, 0) is 35.4 Å². The van der Waals surface area contributed by atoms with Gasteiger partial charge in [0.2, 0.25) is 0 Å². The van der Waals surface area contributed by atoms with E-state index in [9.17, 15) is 9.18 Å². The fraction of sp³-hybridized carbons (Fsp3) is 0.486. The maximum atomic E-state index is 14.9. The summed E-state index contributed by atoms with van der Waals surface area (Å²) in [7, 11) is 2.96. The largest absolute Gasteiger partial charge is 0.497 e. The van der Waals surface area contributed by atoms with Gasteiger partial charge in [-0.15, -0.1) is 0 Å². The van der Waals surface area contributed by atoms with E-state index in [0.29, 0.717) is 17.9 Å². The number of ether oxygens (including phenoxy) is 3. The minimum absolute atomic E-state index is 0.123. The molecule has 0 heterocycles. The molecule has 0 fully saturated rings. The Morgan fingerprint density at radius 1 is 0.857 bits per heavy atom. The zero-order valence-electron chi connectivity index (χ0n) is 27.7. The standard InChI is InChI=1S/C30H35FO2.C3H6O2.2C2H6/c1-5-15-30(2,3)19-24-16-21(20-33-26-11-10-22-7-6-8-23(22)17-26)9-13-27(24)28-18-25(32-4)12-14-29(28)31;1-3(4)5-2;2*1-2/h9-14,16-18H,5-8,15,19-20H2,1-4H3;1-2H3;2*1-2H3. The van der Waals surface area contributed by atoms with E-state index in [1.807, 2.05) is 33.8 Å². The second kappa shape index (κ2) is 19.0. The third-order valence-corrected chi connectivity index (χ3v) is 6.99. The highest BCUT2D eigenvalue weighted by Gasteiger charge is 2.21. The van der Waals surface area contributed by atoms with Crippen molar-refractivity contribution >= 4 is 5.97 Å². The zero-order valence-corrected chi connectivity index (χ0v) is 27.7. The number of carbonyl (C=O) groups excluding carboxylic acids is 1. The van der Waals surface area contributed by atoms with Gasteiger partial charge in [-0.2, -0.15) is 0 Å². The Morgan fingerprint density at radius 3 is 2.12 bits per heavy atom. The summed E-state index contributed by atoms with van der Waals surface area (Å²) >= 11 is 0. The molecule has 0 saturated heterocycles. The highest BCUT2D eigenvalue weighted by molar-refractivity contribution is 5.70. The van der Waals surface area contributed by atoms with Gasteiger partial charge in [0.15, 0.2) is 0 Å². The monoisotopic (exact) mass is 580 g/mol. The SMILES string of the molecule is CC.CC.CCCC(C)(C)Cc1cc(COc2ccc3c(c2)CCC3)ccc1-c1cc(OC)ccc1F.COC(C)=O. The molecule has 0 radical (unpaired) electrons. The summed E-state index contributed by atoms with van der Waals surface area (Å²) in [6.07, 6.45) is 6.66. The lowest BCUT2D eigenvalue weighted by atomic mass is 9.79. The fourth-order valence-corrected chi connectivity index (χ4v) is 5.07. The first-order chi connectivity index (χ1) is 20.2. The lowest BCUT2D eigenvalue weighted by Gasteiger charge is -2.26. The number of esters is 1. The van der Waals surface area contributed by atoms with Crippen molar-refractivity contribution in [2.75, 3.05) is 14.2 Å². The second-order valence-corrected chi connectivity index (χ2v) is 10.7. The third-order valence-electron chi connectivity index (χ3n) is 6.99. The molecule has 0 N–H and O–H groups in total. The van der Waals surface area contributed by atoms with E-state index in [-0.39, 0.29) is 17.2 Å². The lowest BCUT2D eigenvalue weighted by molar-refractivity contribution is -0.137. The molecule has 42 heavy (non-hydrogen) atoms. The molecule has 0 unspecified atom stereocenters. The summed E-state index contributed by atoms with van der Waals surface area (Å²) in [5.41, 5.74) is 6.75. The first-order valence-corrected chi connectivity index (χ1v) is 15.4. The van der Waals surface area contributed by atoms with Crippen LogP contribution in [0.1, 0.15) is 96.9 Å². The van der Waals surface area contributed by atoms with Crippen molar-refractivity contribution < 1.29 is 23.4 Å². The zero-order chi connectivity index (χ0) is 31.7. The van der Waals surface area contributed by atoms with Crippen LogP contribution in [0.15, 0.2) is 54.6 Å². The van der Waals surface area contributed by atoms with Gasteiger partial charge in [0, 0.05) is 12.5 Å². The number of fused-ring (bicyclic) bond motifs is 1. The van der Waals surface area contributed by atoms with E-state index < -0.39 is 0 Å². The molecule has 5 heteroatoms. The van der Waals surface area contributed by atoms with E-state index in [1.54, 1.807) is 19.2 Å². The topological polar surface area (TPSA) is 44.8 Å². The van der Waals surface area contributed by atoms with Crippen molar-refractivity contribution in [2.45, 2.75) is 101 Å². The Kier molecular flexibility index (Phi) is 16.6. The van der Waals surface area contributed by atoms with Gasteiger partial charge in [0.05, 0.1) is 14.2 Å². The van der Waals surface area contributed by atoms with Crippen LogP contribution in [0.25, 0.3) is 11.1 Å². The van der Waals surface area contributed by atoms with Gasteiger partial charge in [-0.1, -0.05) is 79.2 Å². The smallest absolute Gasteiger partial charge is 0.302 e. The number of benzene rings is 3. The van der Waals surface area contributed by atoms with Crippen molar-refractivity contribution in [2.24, 2.45) is 5.41 Å². The van der Waals surface area contributed by atoms with Gasteiger partial charge in [-0.3, -0.25) is 4.79 Å². The van der Waals surface area contributed by atoms with E-state index in [2.05, 4.69) is 55.8 Å². The molecule has 3 aromatic rings. The molecule has 0 saturated carbocycles. The summed E-state index contributed by atoms with van der Waals surface area (Å²) in [6, 6.07) is 17.7. The Labute approximate surface area is 254 Å². The van der Waals surface area contributed by atoms with Crippen LogP contribution in [0.5, 0.6) is 11.5 Å². The molecule has 0 spiro atoms. The normalized spacial score (nSPS) is 11.4. The Balaban J connectivity index is 0.000000873. The summed E-state index contributed by atoms with van der Waals surface area (Å²) < 4.78 is 30.5. The Hall–Kier alpha value is -3.34. The number of aryl methyl sites for hydroxylation is 2. The van der Waals surface area contributed by atoms with Crippen molar-refractivity contribution in [3.8, 4) is 22.6 Å². The quantitative estimate of drug-likeness (QED) is 0.236. The molecule has 4 nitrogen and oxygen atoms in total. The van der Waals surface area contributed by atoms with E-state index in [0.717, 1.165) is 48.1 Å². The summed E-state index contributed by atoms with van der Waals surface area (Å²) in [4.78, 5) is 9.59. The van der Waals surface area contributed by atoms with Gasteiger partial charge in [-0.05, 0) is 95.7 Å². The summed E-state index contributed by atoms with van der Waals surface area (Å²) in [5.74, 6) is 1.11. The number of hydrogen-bond acceptors (Lipinski definition) is 4. The van der Waals surface area contributed by atoms with Crippen molar-refractivity contribution in [3.63, 3.8) is 0 Å². The maximum Gasteiger partial charge on any atom is 0.302 e. The molecule has 0 aromatic heterocycles. The fourth-order valence-electron chi connectivity index (χ4n) is 5.07. The molecule has 0 bridgehead atoms. The third kappa shape index (κ3) is 11.5. The van der Waals surface area contributed by atoms with Crippen LogP contribution in [0.2, 0.25) is 0 Å². The van der Waals surface area contributed by atoms with Gasteiger partial charge in [0.25, 0.3) is 0 Å². The minimum atomic E-state index is -0.245. The summed E-state index contributed by atoms with van der Waals surface area (Å²) in [5, 5.41) is 0. The first kappa shape index (κ1) is 36.7. The van der Waals surface area contributed by atoms with Crippen molar-refractivity contribution in [1.82, 2.24) is 0 Å². The van der Waals surface area contributed by atoms with Crippen molar-refractivity contribution in [1.29, 1.82) is 0 Å². The van der Waals surface area contributed by atoms with E-state index >= 15 is 0 Å².